The van der Waals surface area contributed by atoms with Crippen molar-refractivity contribution >= 4 is 11.9 Å². The van der Waals surface area contributed by atoms with Gasteiger partial charge in [0.2, 0.25) is 5.91 Å². The van der Waals surface area contributed by atoms with Crippen LogP contribution in [0, 0.1) is 5.92 Å². The first-order valence-electron chi connectivity index (χ1n) is 6.27. The first-order chi connectivity index (χ1) is 7.66. The Morgan fingerprint density at radius 3 is 2.75 bits per heavy atom. The van der Waals surface area contributed by atoms with E-state index in [4.69, 9.17) is 0 Å². The van der Waals surface area contributed by atoms with E-state index in [9.17, 15) is 9.59 Å². The molecule has 2 fully saturated rings. The van der Waals surface area contributed by atoms with Gasteiger partial charge in [-0.05, 0) is 25.2 Å². The van der Waals surface area contributed by atoms with Crippen LogP contribution in [-0.4, -0.2) is 29.4 Å². The largest absolute Gasteiger partial charge is 0.324 e. The van der Waals surface area contributed by atoms with Crippen molar-refractivity contribution < 1.29 is 9.59 Å². The highest BCUT2D eigenvalue weighted by Gasteiger charge is 2.30. The smallest absolute Gasteiger partial charge is 0.321 e. The van der Waals surface area contributed by atoms with Crippen molar-refractivity contribution in [3.8, 4) is 0 Å². The zero-order valence-corrected chi connectivity index (χ0v) is 9.87. The fourth-order valence-electron chi connectivity index (χ4n) is 2.70. The highest BCUT2D eigenvalue weighted by Crippen LogP contribution is 2.26. The molecule has 90 valence electrons. The van der Waals surface area contributed by atoms with Gasteiger partial charge in [-0.3, -0.25) is 10.1 Å². The summed E-state index contributed by atoms with van der Waals surface area (Å²) >= 11 is 0. The second kappa shape index (κ2) is 4.85. The van der Waals surface area contributed by atoms with Crippen LogP contribution in [0.2, 0.25) is 0 Å². The van der Waals surface area contributed by atoms with E-state index < -0.39 is 0 Å². The third-order valence-corrected chi connectivity index (χ3v) is 3.75. The standard InChI is InChI=1S/C12H20N2O2/c1-9-3-2-4-10(6-5-9)14-8-7-11(15)13-12(14)16/h9-10H,2-8H2,1H3,(H,13,15,16). The van der Waals surface area contributed by atoms with Gasteiger partial charge in [0.05, 0.1) is 0 Å². The first-order valence-corrected chi connectivity index (χ1v) is 6.27. The summed E-state index contributed by atoms with van der Waals surface area (Å²) < 4.78 is 0. The molecule has 0 aromatic carbocycles. The summed E-state index contributed by atoms with van der Waals surface area (Å²) in [6.07, 6.45) is 6.30. The van der Waals surface area contributed by atoms with Gasteiger partial charge in [-0.1, -0.05) is 19.8 Å². The fraction of sp³-hybridized carbons (Fsp3) is 0.833. The molecule has 2 unspecified atom stereocenters. The third kappa shape index (κ3) is 2.54. The van der Waals surface area contributed by atoms with Crippen LogP contribution in [0.3, 0.4) is 0 Å². The Bertz CT molecular complexity index is 291. The molecule has 4 nitrogen and oxygen atoms in total. The summed E-state index contributed by atoms with van der Waals surface area (Å²) in [5.74, 6) is 0.641. The van der Waals surface area contributed by atoms with Crippen molar-refractivity contribution in [3.63, 3.8) is 0 Å². The molecule has 0 aromatic heterocycles. The summed E-state index contributed by atoms with van der Waals surface area (Å²) in [5.41, 5.74) is 0. The molecule has 1 saturated heterocycles. The van der Waals surface area contributed by atoms with Gasteiger partial charge in [0.1, 0.15) is 0 Å². The number of rotatable bonds is 1. The Hall–Kier alpha value is -1.06. The fourth-order valence-corrected chi connectivity index (χ4v) is 2.70. The molecule has 1 saturated carbocycles. The SMILES string of the molecule is CC1CCCC(N2CCC(=O)NC2=O)CC1. The summed E-state index contributed by atoms with van der Waals surface area (Å²) in [7, 11) is 0. The molecular weight excluding hydrogens is 204 g/mol. The Morgan fingerprint density at radius 1 is 1.19 bits per heavy atom. The Morgan fingerprint density at radius 2 is 2.00 bits per heavy atom. The van der Waals surface area contributed by atoms with E-state index in [1.54, 1.807) is 0 Å². The number of urea groups is 1. The first kappa shape index (κ1) is 11.4. The van der Waals surface area contributed by atoms with Crippen molar-refractivity contribution in [1.29, 1.82) is 0 Å². The van der Waals surface area contributed by atoms with Crippen LogP contribution in [0.15, 0.2) is 0 Å². The van der Waals surface area contributed by atoms with E-state index in [-0.39, 0.29) is 11.9 Å². The summed E-state index contributed by atoms with van der Waals surface area (Å²) in [6.45, 7) is 2.88. The molecule has 0 radical (unpaired) electrons. The predicted octanol–water partition coefficient (Wildman–Crippen LogP) is 1.90. The molecule has 2 aliphatic rings. The summed E-state index contributed by atoms with van der Waals surface area (Å²) in [6, 6.07) is 0.161. The minimum Gasteiger partial charge on any atom is -0.321 e. The van der Waals surface area contributed by atoms with Gasteiger partial charge < -0.3 is 4.90 Å². The Labute approximate surface area is 96.4 Å². The van der Waals surface area contributed by atoms with E-state index in [2.05, 4.69) is 12.2 Å². The maximum Gasteiger partial charge on any atom is 0.324 e. The summed E-state index contributed by atoms with van der Waals surface area (Å²) in [5, 5.41) is 2.41. The van der Waals surface area contributed by atoms with Gasteiger partial charge in [0.15, 0.2) is 0 Å². The molecule has 4 heteroatoms. The minimum atomic E-state index is -0.184. The van der Waals surface area contributed by atoms with Crippen LogP contribution in [-0.2, 0) is 4.79 Å². The number of amides is 3. The van der Waals surface area contributed by atoms with Crippen LogP contribution < -0.4 is 5.32 Å². The monoisotopic (exact) mass is 224 g/mol. The van der Waals surface area contributed by atoms with Crippen LogP contribution in [0.25, 0.3) is 0 Å². The molecule has 1 heterocycles. The van der Waals surface area contributed by atoms with Gasteiger partial charge in [-0.25, -0.2) is 4.79 Å². The molecule has 1 N–H and O–H groups in total. The molecule has 0 bridgehead atoms. The van der Waals surface area contributed by atoms with Crippen LogP contribution in [0.5, 0.6) is 0 Å². The van der Waals surface area contributed by atoms with Gasteiger partial charge in [0.25, 0.3) is 0 Å². The lowest BCUT2D eigenvalue weighted by atomic mass is 10.0. The number of carbonyl (C=O) groups excluding carboxylic acids is 2. The van der Waals surface area contributed by atoms with Gasteiger partial charge in [-0.2, -0.15) is 0 Å². The zero-order chi connectivity index (χ0) is 11.5. The molecule has 1 aliphatic heterocycles. The highest BCUT2D eigenvalue weighted by molar-refractivity contribution is 5.96. The molecule has 2 rings (SSSR count). The number of imide groups is 1. The Kier molecular flexibility index (Phi) is 3.46. The van der Waals surface area contributed by atoms with Crippen molar-refractivity contribution in [2.45, 2.75) is 51.5 Å². The topological polar surface area (TPSA) is 49.4 Å². The van der Waals surface area contributed by atoms with E-state index in [0.717, 1.165) is 18.8 Å². The second-order valence-electron chi connectivity index (χ2n) is 5.06. The van der Waals surface area contributed by atoms with Gasteiger partial charge in [-0.15, -0.1) is 0 Å². The lowest BCUT2D eigenvalue weighted by Gasteiger charge is -2.33. The van der Waals surface area contributed by atoms with E-state index in [0.29, 0.717) is 19.0 Å². The highest BCUT2D eigenvalue weighted by atomic mass is 16.2. The van der Waals surface area contributed by atoms with E-state index in [1.165, 1.54) is 19.3 Å². The molecular formula is C12H20N2O2. The average Bonchev–Trinajstić information content (AvgIpc) is 2.43. The molecule has 3 amide bonds. The number of nitrogens with one attached hydrogen (secondary N) is 1. The van der Waals surface area contributed by atoms with E-state index in [1.807, 2.05) is 4.90 Å². The number of nitrogens with zero attached hydrogens (tertiary/aromatic N) is 1. The number of carbonyl (C=O) groups is 2. The maximum atomic E-state index is 11.7. The third-order valence-electron chi connectivity index (χ3n) is 3.75. The lowest BCUT2D eigenvalue weighted by Crippen LogP contribution is -2.53. The second-order valence-corrected chi connectivity index (χ2v) is 5.06. The normalized spacial score (nSPS) is 32.2. The number of hydrogen-bond acceptors (Lipinski definition) is 2. The summed E-state index contributed by atoms with van der Waals surface area (Å²) in [4.78, 5) is 24.6. The van der Waals surface area contributed by atoms with E-state index >= 15 is 0 Å². The molecule has 0 aromatic rings. The van der Waals surface area contributed by atoms with Gasteiger partial charge >= 0.3 is 6.03 Å². The van der Waals surface area contributed by atoms with Crippen LogP contribution in [0.4, 0.5) is 4.79 Å². The predicted molar refractivity (Wildman–Crippen MR) is 60.9 cm³/mol. The van der Waals surface area contributed by atoms with Crippen molar-refractivity contribution in [2.75, 3.05) is 6.54 Å². The minimum absolute atomic E-state index is 0.136. The molecule has 0 spiro atoms. The zero-order valence-electron chi connectivity index (χ0n) is 9.87. The van der Waals surface area contributed by atoms with Crippen molar-refractivity contribution in [1.82, 2.24) is 10.2 Å². The average molecular weight is 224 g/mol. The van der Waals surface area contributed by atoms with Crippen LogP contribution in [0.1, 0.15) is 45.4 Å². The van der Waals surface area contributed by atoms with Crippen molar-refractivity contribution in [3.05, 3.63) is 0 Å². The van der Waals surface area contributed by atoms with Gasteiger partial charge in [0, 0.05) is 19.0 Å². The van der Waals surface area contributed by atoms with Crippen molar-refractivity contribution in [2.24, 2.45) is 5.92 Å². The maximum absolute atomic E-state index is 11.7. The molecule has 1 aliphatic carbocycles. The molecule has 2 atom stereocenters. The molecule has 16 heavy (non-hydrogen) atoms. The quantitative estimate of drug-likeness (QED) is 0.691. The number of hydrogen-bond donors (Lipinski definition) is 1. The Balaban J connectivity index is 1.95. The lowest BCUT2D eigenvalue weighted by molar-refractivity contribution is -0.121. The van der Waals surface area contributed by atoms with Crippen LogP contribution >= 0.6 is 0 Å².